The number of benzene rings is 1. The van der Waals surface area contributed by atoms with E-state index in [1.54, 1.807) is 0 Å². The summed E-state index contributed by atoms with van der Waals surface area (Å²) in [4.78, 5) is 18.5. The molecule has 0 saturated heterocycles. The zero-order valence-corrected chi connectivity index (χ0v) is 15.1. The van der Waals surface area contributed by atoms with Crippen LogP contribution in [0.2, 0.25) is 0 Å². The SMILES string of the molecule is Cc1ccccc1.O=[P+]([O-])O[P+](=O)[O-].[Na+].[Na+]. The molecular formula is C7H8Na2O5P2+2. The second-order valence-electron chi connectivity index (χ2n) is 2.18. The van der Waals surface area contributed by atoms with Crippen molar-refractivity contribution in [3.8, 4) is 0 Å². The van der Waals surface area contributed by atoms with E-state index in [1.165, 1.54) is 5.56 Å². The van der Waals surface area contributed by atoms with Crippen LogP contribution in [0.15, 0.2) is 30.3 Å². The van der Waals surface area contributed by atoms with Gasteiger partial charge < -0.3 is 9.79 Å². The average molecular weight is 280 g/mol. The minimum Gasteiger partial charge on any atom is -0.563 e. The van der Waals surface area contributed by atoms with Crippen molar-refractivity contribution in [1.29, 1.82) is 0 Å². The minimum atomic E-state index is -3.24. The van der Waals surface area contributed by atoms with Crippen molar-refractivity contribution in [3.05, 3.63) is 35.9 Å². The summed E-state index contributed by atoms with van der Waals surface area (Å²) in [7, 11) is -6.47. The van der Waals surface area contributed by atoms with Crippen LogP contribution in [0, 0.1) is 6.92 Å². The quantitative estimate of drug-likeness (QED) is 0.400. The molecule has 0 N–H and O–H groups in total. The maximum absolute atomic E-state index is 9.24. The molecule has 5 nitrogen and oxygen atoms in total. The Morgan fingerprint density at radius 2 is 1.38 bits per heavy atom. The van der Waals surface area contributed by atoms with Gasteiger partial charge >= 0.3 is 75.6 Å². The zero-order valence-electron chi connectivity index (χ0n) is 9.32. The smallest absolute Gasteiger partial charge is 0.563 e. The molecule has 1 aromatic rings. The van der Waals surface area contributed by atoms with Crippen molar-refractivity contribution in [3.63, 3.8) is 0 Å². The summed E-state index contributed by atoms with van der Waals surface area (Å²) in [5.41, 5.74) is 1.32. The van der Waals surface area contributed by atoms with Crippen molar-refractivity contribution in [2.24, 2.45) is 0 Å². The Labute approximate surface area is 140 Å². The first-order valence-electron chi connectivity index (χ1n) is 3.51. The van der Waals surface area contributed by atoms with Crippen LogP contribution in [0.1, 0.15) is 5.56 Å². The van der Waals surface area contributed by atoms with Gasteiger partial charge in [-0.25, -0.2) is 0 Å². The van der Waals surface area contributed by atoms with Gasteiger partial charge in [-0.15, -0.1) is 0 Å². The van der Waals surface area contributed by atoms with Crippen LogP contribution in [0.25, 0.3) is 0 Å². The fourth-order valence-corrected chi connectivity index (χ4v) is 1.02. The van der Waals surface area contributed by atoms with E-state index < -0.39 is 16.5 Å². The van der Waals surface area contributed by atoms with Crippen LogP contribution < -0.4 is 68.9 Å². The average Bonchev–Trinajstić information content (AvgIpc) is 2.03. The van der Waals surface area contributed by atoms with Gasteiger partial charge in [0.05, 0.1) is 0 Å². The number of hydrogen-bond acceptors (Lipinski definition) is 5. The predicted molar refractivity (Wildman–Crippen MR) is 47.5 cm³/mol. The molecule has 0 fully saturated rings. The fraction of sp³-hybridized carbons (Fsp3) is 0.143. The Hall–Kier alpha value is 1.30. The van der Waals surface area contributed by atoms with E-state index in [4.69, 9.17) is 0 Å². The molecule has 0 radical (unpaired) electrons. The normalized spacial score (nSPS) is 9.69. The van der Waals surface area contributed by atoms with Crippen molar-refractivity contribution >= 4 is 16.5 Å². The summed E-state index contributed by atoms with van der Waals surface area (Å²) in [6, 6.07) is 10.3. The summed E-state index contributed by atoms with van der Waals surface area (Å²) in [6.45, 7) is 2.08. The van der Waals surface area contributed by atoms with Gasteiger partial charge in [-0.1, -0.05) is 35.9 Å². The van der Waals surface area contributed by atoms with E-state index in [1.807, 2.05) is 18.2 Å². The van der Waals surface area contributed by atoms with Gasteiger partial charge in [0.2, 0.25) is 0 Å². The summed E-state index contributed by atoms with van der Waals surface area (Å²) in [5.74, 6) is 0. The van der Waals surface area contributed by atoms with Crippen molar-refractivity contribution < 1.29 is 82.3 Å². The summed E-state index contributed by atoms with van der Waals surface area (Å²) in [6.07, 6.45) is 0. The predicted octanol–water partition coefficient (Wildman–Crippen LogP) is -4.96. The Bertz CT molecular complexity index is 297. The van der Waals surface area contributed by atoms with Gasteiger partial charge in [-0.2, -0.15) is 0 Å². The monoisotopic (exact) mass is 280 g/mol. The van der Waals surface area contributed by atoms with Gasteiger partial charge in [-0.05, 0) is 16.1 Å². The first-order valence-corrected chi connectivity index (χ1v) is 5.70. The molecule has 0 spiro atoms. The molecule has 2 unspecified atom stereocenters. The van der Waals surface area contributed by atoms with Crippen LogP contribution in [0.5, 0.6) is 0 Å². The molecule has 1 rings (SSSR count). The Balaban J connectivity index is -0.000000188. The molecule has 0 amide bonds. The minimum absolute atomic E-state index is 0. The van der Waals surface area contributed by atoms with Crippen LogP contribution in [0.3, 0.4) is 0 Å². The molecule has 0 aliphatic carbocycles. The third-order valence-electron chi connectivity index (χ3n) is 1.07. The molecule has 0 aliphatic heterocycles. The van der Waals surface area contributed by atoms with Crippen LogP contribution in [-0.2, 0) is 13.4 Å². The molecule has 2 atom stereocenters. The molecule has 76 valence electrons. The largest absolute Gasteiger partial charge is 1.00 e. The van der Waals surface area contributed by atoms with E-state index in [-0.39, 0.29) is 59.1 Å². The Morgan fingerprint density at radius 1 is 1.00 bits per heavy atom. The zero-order chi connectivity index (χ0) is 11.0. The van der Waals surface area contributed by atoms with Crippen LogP contribution in [-0.4, -0.2) is 0 Å². The number of aryl methyl sites for hydroxylation is 1. The van der Waals surface area contributed by atoms with Crippen LogP contribution in [0.4, 0.5) is 0 Å². The fourth-order valence-electron chi connectivity index (χ4n) is 0.589. The molecule has 0 saturated carbocycles. The first-order chi connectivity index (χ1) is 6.52. The summed E-state index contributed by atoms with van der Waals surface area (Å²) >= 11 is 0. The molecule has 0 aliphatic rings. The van der Waals surface area contributed by atoms with Crippen molar-refractivity contribution in [2.75, 3.05) is 0 Å². The van der Waals surface area contributed by atoms with Gasteiger partial charge in [0.15, 0.2) is 0 Å². The van der Waals surface area contributed by atoms with E-state index in [9.17, 15) is 18.9 Å². The van der Waals surface area contributed by atoms with Gasteiger partial charge in [-0.3, -0.25) is 0 Å². The van der Waals surface area contributed by atoms with Crippen LogP contribution >= 0.6 is 16.5 Å². The van der Waals surface area contributed by atoms with E-state index >= 15 is 0 Å². The van der Waals surface area contributed by atoms with E-state index in [0.29, 0.717) is 0 Å². The topological polar surface area (TPSA) is 89.5 Å². The standard InChI is InChI=1S/C7H8.2Na.O5P2/c1-7-5-3-2-4-6-7;;;1-6(2)5-7(3)4/h2-6H,1H3;;;/q;2*+1;. The third kappa shape index (κ3) is 17.7. The Morgan fingerprint density at radius 3 is 1.50 bits per heavy atom. The number of rotatable bonds is 2. The molecule has 0 bridgehead atoms. The van der Waals surface area contributed by atoms with Gasteiger partial charge in [0, 0.05) is 0 Å². The molecule has 1 aromatic carbocycles. The maximum Gasteiger partial charge on any atom is 1.00 e. The molecule has 0 aromatic heterocycles. The summed E-state index contributed by atoms with van der Waals surface area (Å²) < 4.78 is 21.6. The van der Waals surface area contributed by atoms with Gasteiger partial charge in [0.25, 0.3) is 0 Å². The van der Waals surface area contributed by atoms with Crippen molar-refractivity contribution in [2.45, 2.75) is 6.92 Å². The third-order valence-corrected chi connectivity index (χ3v) is 2.14. The molecular weight excluding hydrogens is 272 g/mol. The van der Waals surface area contributed by atoms with E-state index in [0.717, 1.165) is 0 Å². The van der Waals surface area contributed by atoms with Gasteiger partial charge in [0.1, 0.15) is 4.31 Å². The second kappa shape index (κ2) is 14.4. The van der Waals surface area contributed by atoms with Crippen molar-refractivity contribution in [1.82, 2.24) is 0 Å². The summed E-state index contributed by atoms with van der Waals surface area (Å²) in [5, 5.41) is 0. The molecule has 9 heteroatoms. The Kier molecular flexibility index (Phi) is 20.2. The van der Waals surface area contributed by atoms with E-state index in [2.05, 4.69) is 23.4 Å². The molecule has 0 heterocycles. The molecule has 16 heavy (non-hydrogen) atoms. The first kappa shape index (κ1) is 22.5. The second-order valence-corrected chi connectivity index (χ2v) is 3.73. The number of hydrogen-bond donors (Lipinski definition) is 0. The maximum atomic E-state index is 9.24.